The van der Waals surface area contributed by atoms with Gasteiger partial charge in [0, 0.05) is 6.04 Å². The topological polar surface area (TPSA) is 78.1 Å². The van der Waals surface area contributed by atoms with Crippen LogP contribution in [0.25, 0.3) is 11.4 Å². The Bertz CT molecular complexity index is 601. The number of hydrogen-bond acceptors (Lipinski definition) is 5. The monoisotopic (exact) mass is 259 g/mol. The fourth-order valence-electron chi connectivity index (χ4n) is 3.80. The van der Waals surface area contributed by atoms with Crippen LogP contribution in [0.15, 0.2) is 21.3 Å². The Kier molecular flexibility index (Phi) is 2.33. The maximum absolute atomic E-state index is 6.31. The van der Waals surface area contributed by atoms with E-state index in [-0.39, 0.29) is 12.0 Å². The summed E-state index contributed by atoms with van der Waals surface area (Å²) in [7, 11) is 0. The van der Waals surface area contributed by atoms with Crippen molar-refractivity contribution in [2.75, 3.05) is 0 Å². The van der Waals surface area contributed by atoms with E-state index in [0.29, 0.717) is 23.6 Å². The van der Waals surface area contributed by atoms with Crippen molar-refractivity contribution in [2.45, 2.75) is 38.1 Å². The first-order valence-corrected chi connectivity index (χ1v) is 6.87. The molecule has 2 bridgehead atoms. The van der Waals surface area contributed by atoms with Crippen LogP contribution >= 0.6 is 0 Å². The third kappa shape index (κ3) is 1.57. The zero-order valence-electron chi connectivity index (χ0n) is 10.9. The maximum atomic E-state index is 6.31. The molecule has 0 amide bonds. The second-order valence-electron chi connectivity index (χ2n) is 5.78. The third-order valence-electron chi connectivity index (χ3n) is 4.81. The summed E-state index contributed by atoms with van der Waals surface area (Å²) < 4.78 is 10.7. The molecule has 5 heteroatoms. The van der Waals surface area contributed by atoms with Gasteiger partial charge in [0.05, 0.1) is 17.7 Å². The van der Waals surface area contributed by atoms with Gasteiger partial charge in [-0.2, -0.15) is 4.98 Å². The highest BCUT2D eigenvalue weighted by atomic mass is 16.5. The van der Waals surface area contributed by atoms with Gasteiger partial charge in [-0.15, -0.1) is 0 Å². The summed E-state index contributed by atoms with van der Waals surface area (Å²) in [4.78, 5) is 4.55. The molecule has 19 heavy (non-hydrogen) atoms. The third-order valence-corrected chi connectivity index (χ3v) is 4.81. The fraction of sp³-hybridized carbons (Fsp3) is 0.571. The smallest absolute Gasteiger partial charge is 0.231 e. The summed E-state index contributed by atoms with van der Waals surface area (Å²) in [6, 6.07) is 2.04. The van der Waals surface area contributed by atoms with Crippen molar-refractivity contribution >= 4 is 0 Å². The van der Waals surface area contributed by atoms with Crippen LogP contribution in [-0.2, 0) is 0 Å². The molecule has 4 atom stereocenters. The lowest BCUT2D eigenvalue weighted by molar-refractivity contribution is 0.279. The number of furan rings is 1. The molecule has 4 unspecified atom stereocenters. The molecular formula is C14H17N3O2. The molecule has 5 nitrogen and oxygen atoms in total. The molecule has 2 aromatic rings. The lowest BCUT2D eigenvalue weighted by Crippen LogP contribution is -2.34. The number of aromatic nitrogens is 2. The minimum absolute atomic E-state index is 0.178. The van der Waals surface area contributed by atoms with Gasteiger partial charge in [0.1, 0.15) is 5.76 Å². The van der Waals surface area contributed by atoms with Crippen LogP contribution < -0.4 is 5.73 Å². The summed E-state index contributed by atoms with van der Waals surface area (Å²) in [5.74, 6) is 3.63. The van der Waals surface area contributed by atoms with Crippen molar-refractivity contribution in [3.63, 3.8) is 0 Å². The average Bonchev–Trinajstić information content (AvgIpc) is 3.10. The van der Waals surface area contributed by atoms with Gasteiger partial charge < -0.3 is 14.7 Å². The molecule has 0 radical (unpaired) electrons. The second kappa shape index (κ2) is 3.93. The van der Waals surface area contributed by atoms with E-state index in [4.69, 9.17) is 14.7 Å². The van der Waals surface area contributed by atoms with Crippen LogP contribution in [-0.4, -0.2) is 16.2 Å². The lowest BCUT2D eigenvalue weighted by atomic mass is 9.85. The van der Waals surface area contributed by atoms with Crippen LogP contribution in [0.1, 0.15) is 36.8 Å². The van der Waals surface area contributed by atoms with E-state index in [2.05, 4.69) is 10.1 Å². The number of aryl methyl sites for hydroxylation is 1. The van der Waals surface area contributed by atoms with E-state index in [0.717, 1.165) is 11.3 Å². The first kappa shape index (κ1) is 11.2. The summed E-state index contributed by atoms with van der Waals surface area (Å²) >= 11 is 0. The molecule has 2 aliphatic rings. The lowest BCUT2D eigenvalue weighted by Gasteiger charge is -2.24. The summed E-state index contributed by atoms with van der Waals surface area (Å²) in [5, 5.41) is 4.08. The first-order valence-electron chi connectivity index (χ1n) is 6.87. The Hall–Kier alpha value is -1.62. The Morgan fingerprint density at radius 1 is 1.32 bits per heavy atom. The molecule has 0 aliphatic heterocycles. The van der Waals surface area contributed by atoms with Gasteiger partial charge >= 0.3 is 0 Å². The molecular weight excluding hydrogens is 242 g/mol. The van der Waals surface area contributed by atoms with Crippen LogP contribution in [0.2, 0.25) is 0 Å². The number of hydrogen-bond donors (Lipinski definition) is 1. The molecule has 2 N–H and O–H groups in total. The standard InChI is InChI=1S/C14H17N3O2/c1-7-10(4-5-18-7)13-16-14(19-17-13)11-8-2-3-9(6-8)12(11)15/h4-5,8-9,11-12H,2-3,6,15H2,1H3. The highest BCUT2D eigenvalue weighted by Crippen LogP contribution is 2.51. The van der Waals surface area contributed by atoms with E-state index < -0.39 is 0 Å². The normalized spacial score (nSPS) is 33.2. The van der Waals surface area contributed by atoms with Crippen molar-refractivity contribution in [3.05, 3.63) is 24.0 Å². The Balaban J connectivity index is 1.67. The van der Waals surface area contributed by atoms with Crippen LogP contribution in [0.5, 0.6) is 0 Å². The zero-order valence-corrected chi connectivity index (χ0v) is 10.9. The largest absolute Gasteiger partial charge is 0.469 e. The number of nitrogens with two attached hydrogens (primary N) is 1. The maximum Gasteiger partial charge on any atom is 0.231 e. The predicted octanol–water partition coefficient (Wildman–Crippen LogP) is 2.48. The van der Waals surface area contributed by atoms with E-state index in [9.17, 15) is 0 Å². The second-order valence-corrected chi connectivity index (χ2v) is 5.78. The van der Waals surface area contributed by atoms with E-state index >= 15 is 0 Å². The summed E-state index contributed by atoms with van der Waals surface area (Å²) in [5.41, 5.74) is 7.20. The molecule has 0 saturated heterocycles. The van der Waals surface area contributed by atoms with Crippen molar-refractivity contribution in [3.8, 4) is 11.4 Å². The Morgan fingerprint density at radius 3 is 2.84 bits per heavy atom. The molecule has 100 valence electrons. The number of fused-ring (bicyclic) bond motifs is 2. The number of nitrogens with zero attached hydrogens (tertiary/aromatic N) is 2. The molecule has 2 heterocycles. The minimum atomic E-state index is 0.178. The van der Waals surface area contributed by atoms with Crippen LogP contribution in [0, 0.1) is 18.8 Å². The molecule has 2 aliphatic carbocycles. The highest BCUT2D eigenvalue weighted by Gasteiger charge is 2.48. The van der Waals surface area contributed by atoms with Gasteiger partial charge in [-0.05, 0) is 44.1 Å². The van der Waals surface area contributed by atoms with Gasteiger partial charge in [-0.25, -0.2) is 0 Å². The fourth-order valence-corrected chi connectivity index (χ4v) is 3.80. The zero-order chi connectivity index (χ0) is 13.0. The minimum Gasteiger partial charge on any atom is -0.469 e. The van der Waals surface area contributed by atoms with Gasteiger partial charge in [-0.1, -0.05) is 5.16 Å². The van der Waals surface area contributed by atoms with E-state index in [1.807, 2.05) is 13.0 Å². The van der Waals surface area contributed by atoms with Gasteiger partial charge in [0.25, 0.3) is 0 Å². The van der Waals surface area contributed by atoms with Gasteiger partial charge in [-0.3, -0.25) is 0 Å². The average molecular weight is 259 g/mol. The number of rotatable bonds is 2. The summed E-state index contributed by atoms with van der Waals surface area (Å²) in [6.07, 6.45) is 5.36. The molecule has 2 aromatic heterocycles. The predicted molar refractivity (Wildman–Crippen MR) is 68.3 cm³/mol. The van der Waals surface area contributed by atoms with Crippen molar-refractivity contribution in [1.29, 1.82) is 0 Å². The van der Waals surface area contributed by atoms with Gasteiger partial charge in [0.2, 0.25) is 11.7 Å². The Morgan fingerprint density at radius 2 is 2.16 bits per heavy atom. The van der Waals surface area contributed by atoms with Crippen LogP contribution in [0.4, 0.5) is 0 Å². The van der Waals surface area contributed by atoms with Crippen molar-refractivity contribution in [2.24, 2.45) is 17.6 Å². The molecule has 0 aromatic carbocycles. The molecule has 4 rings (SSSR count). The Labute approximate surface area is 111 Å². The summed E-state index contributed by atoms with van der Waals surface area (Å²) in [6.45, 7) is 1.90. The molecule has 0 spiro atoms. The molecule has 2 saturated carbocycles. The quantitative estimate of drug-likeness (QED) is 0.896. The van der Waals surface area contributed by atoms with Crippen molar-refractivity contribution in [1.82, 2.24) is 10.1 Å². The van der Waals surface area contributed by atoms with Crippen molar-refractivity contribution < 1.29 is 8.94 Å². The SMILES string of the molecule is Cc1occc1-c1noc(C2C3CCC(C3)C2N)n1. The van der Waals surface area contributed by atoms with E-state index in [1.54, 1.807) is 6.26 Å². The van der Waals surface area contributed by atoms with Gasteiger partial charge in [0.15, 0.2) is 0 Å². The van der Waals surface area contributed by atoms with Crippen LogP contribution in [0.3, 0.4) is 0 Å². The molecule has 2 fully saturated rings. The first-order chi connectivity index (χ1) is 9.24. The highest BCUT2D eigenvalue weighted by molar-refractivity contribution is 5.56. The van der Waals surface area contributed by atoms with E-state index in [1.165, 1.54) is 19.3 Å².